The number of hydrogen-bond acceptors (Lipinski definition) is 6. The molecule has 0 saturated carbocycles. The molecule has 1 aliphatic rings. The monoisotopic (exact) mass is 423 g/mol. The largest absolute Gasteiger partial charge is 0.394 e. The molecule has 2 aromatic heterocycles. The molecule has 0 bridgehead atoms. The normalized spacial score (nSPS) is 15.2. The smallest absolute Gasteiger partial charge is 0.209 e. The molecule has 0 aliphatic carbocycles. The van der Waals surface area contributed by atoms with Gasteiger partial charge in [-0.2, -0.15) is 5.10 Å². The summed E-state index contributed by atoms with van der Waals surface area (Å²) in [4.78, 5) is 21.3. The average molecular weight is 424 g/mol. The number of benzene rings is 1. The van der Waals surface area contributed by atoms with E-state index in [1.165, 1.54) is 12.5 Å². The number of nitrogens with zero attached hydrogens (tertiary/aromatic N) is 4. The molecule has 3 aromatic rings. The number of aliphatic hydroxyl groups excluding tert-OH is 2. The van der Waals surface area contributed by atoms with Crippen LogP contribution in [0.3, 0.4) is 0 Å². The molecule has 3 N–H and O–H groups in total. The maximum absolute atomic E-state index is 11.0. The van der Waals surface area contributed by atoms with Crippen LogP contribution in [0.1, 0.15) is 36.9 Å². The molecule has 1 saturated heterocycles. The van der Waals surface area contributed by atoms with Crippen molar-refractivity contribution >= 4 is 6.41 Å². The van der Waals surface area contributed by atoms with Crippen LogP contribution in [0.2, 0.25) is 0 Å². The van der Waals surface area contributed by atoms with E-state index in [1.807, 2.05) is 11.0 Å². The number of rotatable bonds is 5. The highest BCUT2D eigenvalue weighted by atomic mass is 16.3. The Kier molecular flexibility index (Phi) is 7.86. The van der Waals surface area contributed by atoms with Crippen molar-refractivity contribution in [3.63, 3.8) is 0 Å². The van der Waals surface area contributed by atoms with Crippen LogP contribution in [0.25, 0.3) is 22.5 Å². The van der Waals surface area contributed by atoms with E-state index in [1.54, 1.807) is 12.5 Å². The standard InChI is InChI=1S/C20H21N5O.C3H8O2/c1-14-2-4-15(5-3-14)19-18(17-6-9-21-12-22-17)20(24-23-19)16-7-10-25(13-26)11-8-16;1-3(5)2-4/h2-6,9,12-13,16H,7-8,10-11H2,1H3,(H,23,24);3-5H,2H2,1H3. The number of aromatic amines is 1. The van der Waals surface area contributed by atoms with E-state index >= 15 is 0 Å². The first-order valence-corrected chi connectivity index (χ1v) is 10.4. The van der Waals surface area contributed by atoms with Gasteiger partial charge in [-0.15, -0.1) is 0 Å². The lowest BCUT2D eigenvalue weighted by Crippen LogP contribution is -2.31. The van der Waals surface area contributed by atoms with E-state index in [0.717, 1.165) is 60.5 Å². The molecule has 1 aromatic carbocycles. The predicted molar refractivity (Wildman–Crippen MR) is 118 cm³/mol. The van der Waals surface area contributed by atoms with E-state index < -0.39 is 6.10 Å². The molecule has 8 nitrogen and oxygen atoms in total. The molecule has 3 heterocycles. The van der Waals surface area contributed by atoms with Gasteiger partial charge in [0.25, 0.3) is 0 Å². The summed E-state index contributed by atoms with van der Waals surface area (Å²) >= 11 is 0. The molecular weight excluding hydrogens is 394 g/mol. The molecule has 164 valence electrons. The van der Waals surface area contributed by atoms with Crippen LogP contribution in [-0.2, 0) is 4.79 Å². The van der Waals surface area contributed by atoms with E-state index in [4.69, 9.17) is 10.2 Å². The van der Waals surface area contributed by atoms with Gasteiger partial charge in [0.2, 0.25) is 6.41 Å². The van der Waals surface area contributed by atoms with Crippen molar-refractivity contribution in [2.45, 2.75) is 38.7 Å². The SMILES string of the molecule is CC(O)CO.Cc1ccc(-c2n[nH]c(C3CCN(C=O)CC3)c2-c2ccncn2)cc1. The quantitative estimate of drug-likeness (QED) is 0.543. The zero-order chi connectivity index (χ0) is 22.2. The zero-order valence-corrected chi connectivity index (χ0v) is 17.9. The first kappa shape index (κ1) is 22.6. The number of H-pyrrole nitrogens is 1. The van der Waals surface area contributed by atoms with Gasteiger partial charge in [0, 0.05) is 42.0 Å². The Balaban J connectivity index is 0.000000491. The third kappa shape index (κ3) is 5.74. The Morgan fingerprint density at radius 3 is 2.45 bits per heavy atom. The lowest BCUT2D eigenvalue weighted by atomic mass is 9.89. The summed E-state index contributed by atoms with van der Waals surface area (Å²) in [6, 6.07) is 10.3. The number of aromatic nitrogens is 4. The van der Waals surface area contributed by atoms with Gasteiger partial charge in [-0.1, -0.05) is 29.8 Å². The highest BCUT2D eigenvalue weighted by molar-refractivity contribution is 5.81. The van der Waals surface area contributed by atoms with Crippen LogP contribution >= 0.6 is 0 Å². The molecule has 8 heteroatoms. The Bertz CT molecular complexity index is 949. The van der Waals surface area contributed by atoms with Crippen molar-refractivity contribution in [2.75, 3.05) is 19.7 Å². The third-order valence-electron chi connectivity index (χ3n) is 5.31. The van der Waals surface area contributed by atoms with Crippen molar-refractivity contribution in [1.29, 1.82) is 0 Å². The van der Waals surface area contributed by atoms with Crippen molar-refractivity contribution in [3.8, 4) is 22.5 Å². The van der Waals surface area contributed by atoms with Crippen LogP contribution < -0.4 is 0 Å². The van der Waals surface area contributed by atoms with E-state index in [9.17, 15) is 4.79 Å². The maximum Gasteiger partial charge on any atom is 0.209 e. The predicted octanol–water partition coefficient (Wildman–Crippen LogP) is 2.54. The van der Waals surface area contributed by atoms with E-state index in [-0.39, 0.29) is 6.61 Å². The van der Waals surface area contributed by atoms with Gasteiger partial charge >= 0.3 is 0 Å². The van der Waals surface area contributed by atoms with Crippen LogP contribution in [0.5, 0.6) is 0 Å². The minimum atomic E-state index is -0.560. The molecule has 0 spiro atoms. The number of piperidine rings is 1. The van der Waals surface area contributed by atoms with Gasteiger partial charge in [-0.3, -0.25) is 9.89 Å². The number of amides is 1. The second-order valence-electron chi connectivity index (χ2n) is 7.77. The summed E-state index contributed by atoms with van der Waals surface area (Å²) in [5, 5.41) is 23.9. The number of nitrogens with one attached hydrogen (secondary N) is 1. The maximum atomic E-state index is 11.0. The van der Waals surface area contributed by atoms with Gasteiger partial charge in [0.1, 0.15) is 12.0 Å². The molecule has 1 aliphatic heterocycles. The number of aryl methyl sites for hydroxylation is 1. The minimum Gasteiger partial charge on any atom is -0.394 e. The summed E-state index contributed by atoms with van der Waals surface area (Å²) in [5.41, 5.74) is 6.21. The Hall–Kier alpha value is -3.10. The lowest BCUT2D eigenvalue weighted by Gasteiger charge is -2.29. The zero-order valence-electron chi connectivity index (χ0n) is 17.9. The van der Waals surface area contributed by atoms with Crippen molar-refractivity contribution < 1.29 is 15.0 Å². The molecule has 1 fully saturated rings. The van der Waals surface area contributed by atoms with Gasteiger partial charge in [0.15, 0.2) is 0 Å². The molecule has 0 radical (unpaired) electrons. The summed E-state index contributed by atoms with van der Waals surface area (Å²) < 4.78 is 0. The lowest BCUT2D eigenvalue weighted by molar-refractivity contribution is -0.119. The fourth-order valence-corrected chi connectivity index (χ4v) is 3.56. The highest BCUT2D eigenvalue weighted by Gasteiger charge is 2.27. The van der Waals surface area contributed by atoms with Crippen LogP contribution in [0.4, 0.5) is 0 Å². The summed E-state index contributed by atoms with van der Waals surface area (Å²) in [7, 11) is 0. The summed E-state index contributed by atoms with van der Waals surface area (Å²) in [6.45, 7) is 5.01. The van der Waals surface area contributed by atoms with Gasteiger partial charge in [0.05, 0.1) is 18.4 Å². The summed E-state index contributed by atoms with van der Waals surface area (Å²) in [5.74, 6) is 0.336. The Morgan fingerprint density at radius 2 is 1.90 bits per heavy atom. The molecule has 4 rings (SSSR count). The van der Waals surface area contributed by atoms with Crippen LogP contribution in [-0.4, -0.2) is 67.5 Å². The first-order valence-electron chi connectivity index (χ1n) is 10.4. The number of carbonyl (C=O) groups excluding carboxylic acids is 1. The molecule has 1 atom stereocenters. The topological polar surface area (TPSA) is 115 Å². The number of aliphatic hydroxyl groups is 2. The number of hydrogen-bond donors (Lipinski definition) is 3. The fraction of sp³-hybridized carbons (Fsp3) is 0.391. The van der Waals surface area contributed by atoms with Crippen molar-refractivity contribution in [1.82, 2.24) is 25.1 Å². The average Bonchev–Trinajstić information content (AvgIpc) is 3.25. The molecule has 1 unspecified atom stereocenters. The molecular formula is C23H29N5O3. The highest BCUT2D eigenvalue weighted by Crippen LogP contribution is 2.38. The van der Waals surface area contributed by atoms with E-state index in [2.05, 4.69) is 51.4 Å². The first-order chi connectivity index (χ1) is 15.0. The van der Waals surface area contributed by atoms with E-state index in [0.29, 0.717) is 5.92 Å². The molecule has 1 amide bonds. The Labute approximate surface area is 182 Å². The number of carbonyl (C=O) groups is 1. The second-order valence-corrected chi connectivity index (χ2v) is 7.77. The van der Waals surface area contributed by atoms with Gasteiger partial charge in [-0.05, 0) is 32.8 Å². The minimum absolute atomic E-state index is 0.139. The van der Waals surface area contributed by atoms with Crippen molar-refractivity contribution in [2.24, 2.45) is 0 Å². The van der Waals surface area contributed by atoms with Crippen LogP contribution in [0, 0.1) is 6.92 Å². The van der Waals surface area contributed by atoms with Crippen LogP contribution in [0.15, 0.2) is 42.9 Å². The van der Waals surface area contributed by atoms with Gasteiger partial charge < -0.3 is 15.1 Å². The fourth-order valence-electron chi connectivity index (χ4n) is 3.56. The van der Waals surface area contributed by atoms with Gasteiger partial charge in [-0.25, -0.2) is 9.97 Å². The number of likely N-dealkylation sites (tertiary alicyclic amines) is 1. The molecule has 31 heavy (non-hydrogen) atoms. The Morgan fingerprint density at radius 1 is 1.23 bits per heavy atom. The summed E-state index contributed by atoms with van der Waals surface area (Å²) in [6.07, 6.45) is 5.55. The second kappa shape index (κ2) is 10.8. The van der Waals surface area contributed by atoms with Crippen molar-refractivity contribution in [3.05, 3.63) is 54.1 Å². The third-order valence-corrected chi connectivity index (χ3v) is 5.31.